The molecule has 0 aliphatic heterocycles. The Morgan fingerprint density at radius 3 is 0.823 bits per heavy atom. The number of carbonyl (C=O) groups is 4. The van der Waals surface area contributed by atoms with Gasteiger partial charge in [-0.25, -0.2) is 9.13 Å². The predicted molar refractivity (Wildman–Crippen MR) is 391 cm³/mol. The van der Waals surface area contributed by atoms with Crippen LogP contribution in [0.2, 0.25) is 0 Å². The van der Waals surface area contributed by atoms with Crippen molar-refractivity contribution < 1.29 is 80.2 Å². The summed E-state index contributed by atoms with van der Waals surface area (Å²) in [5, 5.41) is 10.6. The topological polar surface area (TPSA) is 237 Å². The number of unbranched alkanes of at least 4 members (excludes halogenated alkanes) is 43. The van der Waals surface area contributed by atoms with E-state index in [-0.39, 0.29) is 25.7 Å². The maximum absolute atomic E-state index is 13.1. The summed E-state index contributed by atoms with van der Waals surface area (Å²) in [6, 6.07) is 0. The van der Waals surface area contributed by atoms with E-state index in [0.29, 0.717) is 25.7 Å². The van der Waals surface area contributed by atoms with Gasteiger partial charge in [-0.15, -0.1) is 0 Å². The Balaban J connectivity index is 5.29. The van der Waals surface area contributed by atoms with E-state index < -0.39 is 97.5 Å². The van der Waals surface area contributed by atoms with Gasteiger partial charge in [0.05, 0.1) is 26.4 Å². The van der Waals surface area contributed by atoms with Crippen LogP contribution in [0.15, 0.2) is 36.5 Å². The average Bonchev–Trinajstić information content (AvgIpc) is 1.15. The molecule has 0 aromatic carbocycles. The third-order valence-electron chi connectivity index (χ3n) is 17.1. The molecule has 0 saturated carbocycles. The first kappa shape index (κ1) is 93.3. The van der Waals surface area contributed by atoms with E-state index in [1.54, 1.807) is 0 Å². The monoisotopic (exact) mass is 1400 g/mol. The number of hydrogen-bond donors (Lipinski definition) is 3. The van der Waals surface area contributed by atoms with Gasteiger partial charge in [0.15, 0.2) is 12.2 Å². The number of carbonyl (C=O) groups excluding carboxylic acids is 4. The van der Waals surface area contributed by atoms with Gasteiger partial charge in [0.1, 0.15) is 19.3 Å². The second kappa shape index (κ2) is 70.7. The maximum atomic E-state index is 13.1. The van der Waals surface area contributed by atoms with Crippen LogP contribution in [0.1, 0.15) is 374 Å². The largest absolute Gasteiger partial charge is 0.472 e. The minimum absolute atomic E-state index is 0.0830. The van der Waals surface area contributed by atoms with Crippen molar-refractivity contribution in [3.63, 3.8) is 0 Å². The lowest BCUT2D eigenvalue weighted by atomic mass is 10.0. The summed E-state index contributed by atoms with van der Waals surface area (Å²) < 4.78 is 68.5. The second-order valence-electron chi connectivity index (χ2n) is 26.7. The Morgan fingerprint density at radius 2 is 0.531 bits per heavy atom. The van der Waals surface area contributed by atoms with Crippen molar-refractivity contribution in [3.05, 3.63) is 36.5 Å². The molecular weight excluding hydrogens is 1260 g/mol. The fourth-order valence-corrected chi connectivity index (χ4v) is 12.7. The van der Waals surface area contributed by atoms with Crippen molar-refractivity contribution >= 4 is 39.5 Å². The van der Waals surface area contributed by atoms with Crippen LogP contribution < -0.4 is 0 Å². The van der Waals surface area contributed by atoms with Gasteiger partial charge in [-0.3, -0.25) is 37.3 Å². The standard InChI is InChI=1S/C77H144O17P2/c1-5-9-13-17-21-25-29-33-35-39-41-45-49-53-57-61-74(79)87-67-72(93-76(81)63-59-55-51-47-43-37-31-27-23-19-15-11-7-3)69-91-95(83,84)89-65-71(78)66-90-96(85,86)92-70-73(94-77(82)64-60-56-52-48-44-38-32-28-24-20-16-12-8-4)68-88-75(80)62-58-54-50-46-42-40-36-34-30-26-22-18-14-10-6-2/h15,19,27,31,33,35,71-73,78H,5-14,16-18,20-26,28-30,32,34,36-70H2,1-4H3,(H,83,84)(H,85,86)/b19-15-,31-27-,35-33-. The first-order chi connectivity index (χ1) is 46.7. The minimum Gasteiger partial charge on any atom is -0.462 e. The van der Waals surface area contributed by atoms with Crippen molar-refractivity contribution in [3.8, 4) is 0 Å². The molecule has 0 aromatic rings. The van der Waals surface area contributed by atoms with Gasteiger partial charge in [0, 0.05) is 25.7 Å². The number of allylic oxidation sites excluding steroid dienone is 6. The molecule has 0 aliphatic rings. The van der Waals surface area contributed by atoms with Gasteiger partial charge >= 0.3 is 39.5 Å². The van der Waals surface area contributed by atoms with Crippen molar-refractivity contribution in [1.29, 1.82) is 0 Å². The lowest BCUT2D eigenvalue weighted by molar-refractivity contribution is -0.161. The van der Waals surface area contributed by atoms with Gasteiger partial charge in [-0.05, 0) is 77.0 Å². The Labute approximate surface area is 585 Å². The molecule has 564 valence electrons. The van der Waals surface area contributed by atoms with Crippen molar-refractivity contribution in [2.24, 2.45) is 0 Å². The van der Waals surface area contributed by atoms with Crippen LogP contribution in [-0.4, -0.2) is 96.7 Å². The molecule has 5 unspecified atom stereocenters. The van der Waals surface area contributed by atoms with Crippen LogP contribution in [0.3, 0.4) is 0 Å². The molecule has 0 fully saturated rings. The molecule has 96 heavy (non-hydrogen) atoms. The second-order valence-corrected chi connectivity index (χ2v) is 29.6. The first-order valence-electron chi connectivity index (χ1n) is 39.2. The lowest BCUT2D eigenvalue weighted by Crippen LogP contribution is -2.30. The third-order valence-corrected chi connectivity index (χ3v) is 19.0. The molecule has 5 atom stereocenters. The Bertz CT molecular complexity index is 1970. The van der Waals surface area contributed by atoms with Gasteiger partial charge in [-0.2, -0.15) is 0 Å². The highest BCUT2D eigenvalue weighted by Gasteiger charge is 2.30. The molecule has 19 heteroatoms. The van der Waals surface area contributed by atoms with Gasteiger partial charge in [0.25, 0.3) is 0 Å². The molecule has 0 amide bonds. The number of phosphoric acid groups is 2. The molecular formula is C77H144O17P2. The minimum atomic E-state index is -4.97. The zero-order chi connectivity index (χ0) is 70.4. The smallest absolute Gasteiger partial charge is 0.462 e. The van der Waals surface area contributed by atoms with Gasteiger partial charge in [0.2, 0.25) is 0 Å². The third kappa shape index (κ3) is 69.7. The number of esters is 4. The van der Waals surface area contributed by atoms with E-state index in [1.165, 1.54) is 161 Å². The van der Waals surface area contributed by atoms with Crippen molar-refractivity contribution in [2.75, 3.05) is 39.6 Å². The van der Waals surface area contributed by atoms with E-state index in [9.17, 15) is 43.2 Å². The van der Waals surface area contributed by atoms with Crippen LogP contribution in [0.5, 0.6) is 0 Å². The van der Waals surface area contributed by atoms with Crippen molar-refractivity contribution in [2.45, 2.75) is 393 Å². The highest BCUT2D eigenvalue weighted by Crippen LogP contribution is 2.45. The maximum Gasteiger partial charge on any atom is 0.472 e. The summed E-state index contributed by atoms with van der Waals surface area (Å²) in [6.45, 7) is 4.86. The number of rotatable bonds is 75. The Morgan fingerprint density at radius 1 is 0.292 bits per heavy atom. The quantitative estimate of drug-likeness (QED) is 0.0169. The highest BCUT2D eigenvalue weighted by molar-refractivity contribution is 7.47. The molecule has 0 radical (unpaired) electrons. The number of hydrogen-bond acceptors (Lipinski definition) is 15. The first-order valence-corrected chi connectivity index (χ1v) is 42.2. The summed E-state index contributed by atoms with van der Waals surface area (Å²) in [4.78, 5) is 72.8. The van der Waals surface area contributed by atoms with E-state index in [4.69, 9.17) is 37.0 Å². The zero-order valence-electron chi connectivity index (χ0n) is 61.6. The molecule has 0 spiro atoms. The fourth-order valence-electron chi connectivity index (χ4n) is 11.1. The zero-order valence-corrected chi connectivity index (χ0v) is 63.4. The summed E-state index contributed by atoms with van der Waals surface area (Å²) in [5.41, 5.74) is 0. The van der Waals surface area contributed by atoms with Crippen LogP contribution in [0, 0.1) is 0 Å². The summed E-state index contributed by atoms with van der Waals surface area (Å²) in [5.74, 6) is -2.16. The average molecular weight is 1400 g/mol. The van der Waals surface area contributed by atoms with Crippen molar-refractivity contribution in [1.82, 2.24) is 0 Å². The number of phosphoric ester groups is 2. The number of aliphatic hydroxyl groups excluding tert-OH is 1. The lowest BCUT2D eigenvalue weighted by Gasteiger charge is -2.21. The van der Waals surface area contributed by atoms with Crippen LogP contribution >= 0.6 is 15.6 Å². The summed E-state index contributed by atoms with van der Waals surface area (Å²) in [7, 11) is -9.93. The number of ether oxygens (including phenoxy) is 4. The number of aliphatic hydroxyl groups is 1. The summed E-state index contributed by atoms with van der Waals surface area (Å²) in [6.07, 6.45) is 65.5. The molecule has 3 N–H and O–H groups in total. The van der Waals surface area contributed by atoms with Crippen LogP contribution in [0.25, 0.3) is 0 Å². The molecule has 0 heterocycles. The molecule has 0 rings (SSSR count). The van der Waals surface area contributed by atoms with Gasteiger partial charge < -0.3 is 33.8 Å². The summed E-state index contributed by atoms with van der Waals surface area (Å²) >= 11 is 0. The van der Waals surface area contributed by atoms with Crippen LogP contribution in [0.4, 0.5) is 0 Å². The van der Waals surface area contributed by atoms with Crippen LogP contribution in [-0.2, 0) is 65.4 Å². The molecule has 0 bridgehead atoms. The van der Waals surface area contributed by atoms with E-state index in [0.717, 1.165) is 135 Å². The van der Waals surface area contributed by atoms with E-state index >= 15 is 0 Å². The fraction of sp³-hybridized carbons (Fsp3) is 0.870. The SMILES string of the molecule is CCC/C=C\C/C=C\CCCCCCCC(=O)OC(COC(=O)CCCCCCC/C=C\CCCCCCCC)COP(=O)(O)OCC(O)COP(=O)(O)OCC(COC(=O)CCCCCCCCCCCCCCCCC)OC(=O)CCCCCCCCCCCCCCC. The van der Waals surface area contributed by atoms with E-state index in [2.05, 4.69) is 64.2 Å². The normalized spacial score (nSPS) is 14.1. The Kier molecular flexibility index (Phi) is 68.7. The van der Waals surface area contributed by atoms with Gasteiger partial charge in [-0.1, -0.05) is 308 Å². The molecule has 0 saturated heterocycles. The van der Waals surface area contributed by atoms with E-state index in [1.807, 2.05) is 0 Å². The molecule has 0 aromatic heterocycles. The Hall–Kier alpha value is -2.72. The highest BCUT2D eigenvalue weighted by atomic mass is 31.2. The predicted octanol–water partition coefficient (Wildman–Crippen LogP) is 22.3. The molecule has 17 nitrogen and oxygen atoms in total. The molecule has 0 aliphatic carbocycles.